The van der Waals surface area contributed by atoms with Crippen LogP contribution in [0.15, 0.2) is 34.9 Å². The third-order valence-electron chi connectivity index (χ3n) is 2.84. The highest BCUT2D eigenvalue weighted by atomic mass is 35.5. The third-order valence-corrected chi connectivity index (χ3v) is 3.96. The summed E-state index contributed by atoms with van der Waals surface area (Å²) in [4.78, 5) is 35.1. The van der Waals surface area contributed by atoms with Gasteiger partial charge in [-0.15, -0.1) is 0 Å². The summed E-state index contributed by atoms with van der Waals surface area (Å²) in [6, 6.07) is 5.33. The molecule has 25 heavy (non-hydrogen) atoms. The predicted octanol–water partition coefficient (Wildman–Crippen LogP) is 3.42. The summed E-state index contributed by atoms with van der Waals surface area (Å²) in [5.74, 6) is -1.26. The van der Waals surface area contributed by atoms with Crippen LogP contribution in [0.1, 0.15) is 16.1 Å². The molecule has 0 saturated carbocycles. The monoisotopic (exact) mass is 404 g/mol. The average Bonchev–Trinajstić information content (AvgIpc) is 3.08. The van der Waals surface area contributed by atoms with Crippen LogP contribution in [-0.2, 0) is 16.1 Å². The number of benzene rings is 1. The van der Waals surface area contributed by atoms with Crippen molar-refractivity contribution in [3.05, 3.63) is 56.9 Å². The lowest BCUT2D eigenvalue weighted by atomic mass is 10.2. The molecule has 1 aromatic carbocycles. The second-order valence-corrected chi connectivity index (χ2v) is 5.80. The fraction of sp³-hybridized carbons (Fsp3) is 0.133. The van der Waals surface area contributed by atoms with Crippen LogP contribution >= 0.6 is 34.8 Å². The zero-order valence-electron chi connectivity index (χ0n) is 12.5. The number of hydrogen-bond donors (Lipinski definition) is 2. The molecule has 0 unspecified atom stereocenters. The third kappa shape index (κ3) is 5.38. The van der Waals surface area contributed by atoms with E-state index in [4.69, 9.17) is 44.0 Å². The largest absolute Gasteiger partial charge is 0.467 e. The lowest BCUT2D eigenvalue weighted by Gasteiger charge is -2.09. The van der Waals surface area contributed by atoms with Gasteiger partial charge in [0, 0.05) is 0 Å². The Morgan fingerprint density at radius 2 is 1.80 bits per heavy atom. The van der Waals surface area contributed by atoms with Gasteiger partial charge < -0.3 is 14.5 Å². The Bertz CT molecular complexity index is 793. The lowest BCUT2D eigenvalue weighted by molar-refractivity contribution is -0.123. The van der Waals surface area contributed by atoms with Crippen molar-refractivity contribution in [3.63, 3.8) is 0 Å². The molecule has 0 spiro atoms. The second kappa shape index (κ2) is 8.75. The molecule has 3 amide bonds. The van der Waals surface area contributed by atoms with Gasteiger partial charge in [0.25, 0.3) is 5.91 Å². The van der Waals surface area contributed by atoms with Crippen molar-refractivity contribution in [2.45, 2.75) is 6.54 Å². The molecule has 0 saturated heterocycles. The van der Waals surface area contributed by atoms with Gasteiger partial charge in [-0.25, -0.2) is 9.59 Å². The molecule has 0 bridgehead atoms. The van der Waals surface area contributed by atoms with Crippen molar-refractivity contribution >= 4 is 52.7 Å². The Morgan fingerprint density at radius 1 is 1.08 bits per heavy atom. The summed E-state index contributed by atoms with van der Waals surface area (Å²) < 4.78 is 9.80. The quantitative estimate of drug-likeness (QED) is 0.587. The summed E-state index contributed by atoms with van der Waals surface area (Å²) in [6.07, 6.45) is 1.45. The number of imide groups is 1. The van der Waals surface area contributed by atoms with Gasteiger partial charge in [-0.05, 0) is 24.3 Å². The molecule has 0 atom stereocenters. The molecule has 2 aromatic rings. The molecule has 0 fully saturated rings. The topological polar surface area (TPSA) is 97.6 Å². The van der Waals surface area contributed by atoms with Gasteiger partial charge in [0.1, 0.15) is 5.76 Å². The van der Waals surface area contributed by atoms with E-state index in [2.05, 4.69) is 5.32 Å². The number of ether oxygens (including phenoxy) is 1. The Balaban J connectivity index is 1.82. The van der Waals surface area contributed by atoms with Crippen molar-refractivity contribution in [2.75, 3.05) is 6.61 Å². The van der Waals surface area contributed by atoms with Gasteiger partial charge in [-0.1, -0.05) is 34.8 Å². The molecule has 2 N–H and O–H groups in total. The molecular weight excluding hydrogens is 395 g/mol. The zero-order valence-corrected chi connectivity index (χ0v) is 14.7. The molecule has 7 nitrogen and oxygen atoms in total. The SMILES string of the molecule is O=C(COC(=O)c1c(Cl)ccc(Cl)c1Cl)NC(=O)NCc1ccco1. The van der Waals surface area contributed by atoms with E-state index in [1.54, 1.807) is 12.1 Å². The molecule has 132 valence electrons. The number of esters is 1. The highest BCUT2D eigenvalue weighted by Gasteiger charge is 2.20. The normalized spacial score (nSPS) is 10.2. The van der Waals surface area contributed by atoms with E-state index >= 15 is 0 Å². The molecule has 1 heterocycles. The minimum Gasteiger partial charge on any atom is -0.467 e. The highest BCUT2D eigenvalue weighted by molar-refractivity contribution is 6.46. The smallest absolute Gasteiger partial charge is 0.341 e. The van der Waals surface area contributed by atoms with Crippen molar-refractivity contribution in [2.24, 2.45) is 0 Å². The van der Waals surface area contributed by atoms with Crippen molar-refractivity contribution in [3.8, 4) is 0 Å². The number of urea groups is 1. The Morgan fingerprint density at radius 3 is 2.48 bits per heavy atom. The van der Waals surface area contributed by atoms with Crippen LogP contribution in [0, 0.1) is 0 Å². The molecule has 1 aromatic heterocycles. The van der Waals surface area contributed by atoms with Crippen LogP contribution < -0.4 is 10.6 Å². The minimum absolute atomic E-state index is 0.0241. The Kier molecular flexibility index (Phi) is 6.69. The first-order valence-electron chi connectivity index (χ1n) is 6.79. The summed E-state index contributed by atoms with van der Waals surface area (Å²) in [7, 11) is 0. The summed E-state index contributed by atoms with van der Waals surface area (Å²) >= 11 is 17.6. The number of rotatable bonds is 5. The minimum atomic E-state index is -0.941. The highest BCUT2D eigenvalue weighted by Crippen LogP contribution is 2.31. The molecule has 0 aliphatic carbocycles. The number of hydrogen-bond acceptors (Lipinski definition) is 5. The maximum absolute atomic E-state index is 12.0. The van der Waals surface area contributed by atoms with E-state index < -0.39 is 24.5 Å². The Labute approximate surface area is 157 Å². The van der Waals surface area contributed by atoms with E-state index in [1.807, 2.05) is 5.32 Å². The van der Waals surface area contributed by atoms with E-state index in [-0.39, 0.29) is 27.2 Å². The first-order valence-corrected chi connectivity index (χ1v) is 7.92. The second-order valence-electron chi connectivity index (χ2n) is 4.60. The van der Waals surface area contributed by atoms with Gasteiger partial charge >= 0.3 is 12.0 Å². The van der Waals surface area contributed by atoms with Crippen LogP contribution in [0.4, 0.5) is 4.79 Å². The summed E-state index contributed by atoms with van der Waals surface area (Å²) in [5.41, 5.74) is -0.161. The number of nitrogens with one attached hydrogen (secondary N) is 2. The summed E-state index contributed by atoms with van der Waals surface area (Å²) in [6.45, 7) is -0.605. The first-order chi connectivity index (χ1) is 11.9. The van der Waals surface area contributed by atoms with Gasteiger partial charge in [0.2, 0.25) is 0 Å². The molecule has 0 aliphatic rings. The van der Waals surface area contributed by atoms with Crippen LogP contribution in [0.5, 0.6) is 0 Å². The molecule has 2 rings (SSSR count). The van der Waals surface area contributed by atoms with Gasteiger partial charge in [0.05, 0.1) is 33.4 Å². The van der Waals surface area contributed by atoms with Gasteiger partial charge in [-0.2, -0.15) is 0 Å². The zero-order chi connectivity index (χ0) is 18.4. The van der Waals surface area contributed by atoms with Gasteiger partial charge in [-0.3, -0.25) is 10.1 Å². The van der Waals surface area contributed by atoms with Crippen LogP contribution in [0.3, 0.4) is 0 Å². The number of carbonyl (C=O) groups is 3. The number of halogens is 3. The molecular formula is C15H11Cl3N2O5. The molecule has 0 aliphatic heterocycles. The number of carbonyl (C=O) groups excluding carboxylic acids is 3. The first kappa shape index (κ1) is 19.1. The van der Waals surface area contributed by atoms with Crippen molar-refractivity contribution < 1.29 is 23.5 Å². The van der Waals surface area contributed by atoms with Gasteiger partial charge in [0.15, 0.2) is 6.61 Å². The predicted molar refractivity (Wildman–Crippen MR) is 90.8 cm³/mol. The maximum atomic E-state index is 12.0. The summed E-state index contributed by atoms with van der Waals surface area (Å²) in [5, 5.41) is 4.43. The maximum Gasteiger partial charge on any atom is 0.341 e. The van der Waals surface area contributed by atoms with E-state index in [0.29, 0.717) is 5.76 Å². The standard InChI is InChI=1S/C15H11Cl3N2O5/c16-9-3-4-10(17)13(18)12(9)14(22)25-7-11(21)20-15(23)19-6-8-2-1-5-24-8/h1-5H,6-7H2,(H2,19,20,21,23). The van der Waals surface area contributed by atoms with E-state index in [0.717, 1.165) is 0 Å². The fourth-order valence-corrected chi connectivity index (χ4v) is 2.39. The van der Waals surface area contributed by atoms with E-state index in [1.165, 1.54) is 18.4 Å². The van der Waals surface area contributed by atoms with Crippen molar-refractivity contribution in [1.82, 2.24) is 10.6 Å². The molecule has 0 radical (unpaired) electrons. The lowest BCUT2D eigenvalue weighted by Crippen LogP contribution is -2.41. The van der Waals surface area contributed by atoms with Crippen LogP contribution in [0.25, 0.3) is 0 Å². The fourth-order valence-electron chi connectivity index (χ4n) is 1.70. The number of furan rings is 1. The van der Waals surface area contributed by atoms with Crippen LogP contribution in [-0.4, -0.2) is 24.5 Å². The van der Waals surface area contributed by atoms with Crippen LogP contribution in [0.2, 0.25) is 15.1 Å². The van der Waals surface area contributed by atoms with E-state index in [9.17, 15) is 14.4 Å². The molecule has 10 heteroatoms. The number of amides is 3. The Hall–Kier alpha value is -2.22. The average molecular weight is 406 g/mol. The van der Waals surface area contributed by atoms with Crippen molar-refractivity contribution in [1.29, 1.82) is 0 Å².